The number of pyridine rings is 1. The van der Waals surface area contributed by atoms with Crippen molar-refractivity contribution < 1.29 is 14.3 Å². The molecule has 2 aromatic rings. The van der Waals surface area contributed by atoms with Crippen molar-refractivity contribution in [2.75, 3.05) is 31.8 Å². The molecular formula is C18H19N3O4. The number of ether oxygens (including phenoxy) is 2. The van der Waals surface area contributed by atoms with E-state index in [2.05, 4.69) is 0 Å². The van der Waals surface area contributed by atoms with Crippen molar-refractivity contribution in [1.29, 1.82) is 0 Å². The number of fused-ring (bicyclic) bond motifs is 2. The summed E-state index contributed by atoms with van der Waals surface area (Å²) in [4.78, 5) is 27.1. The molecule has 4 rings (SSSR count). The maximum absolute atomic E-state index is 13.0. The summed E-state index contributed by atoms with van der Waals surface area (Å²) in [6, 6.07) is 11.0. The molecule has 0 bridgehead atoms. The van der Waals surface area contributed by atoms with Gasteiger partial charge in [0.15, 0.2) is 11.4 Å². The fraction of sp³-hybridized carbons (Fsp3) is 0.333. The predicted octanol–water partition coefficient (Wildman–Crippen LogP) is 0.807. The lowest BCUT2D eigenvalue weighted by atomic mass is 10.2. The Balaban J connectivity index is 1.73. The van der Waals surface area contributed by atoms with Gasteiger partial charge in [-0.3, -0.25) is 19.3 Å². The molecule has 130 valence electrons. The van der Waals surface area contributed by atoms with Gasteiger partial charge in [-0.1, -0.05) is 30.3 Å². The minimum Gasteiger partial charge on any atom is -0.482 e. The number of hydrogen-bond acceptors (Lipinski definition) is 5. The second-order valence-corrected chi connectivity index (χ2v) is 6.10. The van der Waals surface area contributed by atoms with Gasteiger partial charge in [0.2, 0.25) is 5.43 Å². The van der Waals surface area contributed by atoms with Crippen molar-refractivity contribution in [3.8, 4) is 5.75 Å². The fourth-order valence-corrected chi connectivity index (χ4v) is 3.25. The highest BCUT2D eigenvalue weighted by molar-refractivity contribution is 5.96. The van der Waals surface area contributed by atoms with Gasteiger partial charge in [-0.05, 0) is 5.56 Å². The van der Waals surface area contributed by atoms with Crippen molar-refractivity contribution in [1.82, 2.24) is 9.58 Å². The van der Waals surface area contributed by atoms with Gasteiger partial charge in [-0.15, -0.1) is 0 Å². The van der Waals surface area contributed by atoms with Gasteiger partial charge in [0.1, 0.15) is 12.8 Å². The number of carbonyl (C=O) groups excluding carboxylic acids is 1. The van der Waals surface area contributed by atoms with Crippen molar-refractivity contribution in [3.05, 3.63) is 64.1 Å². The molecule has 0 spiro atoms. The summed E-state index contributed by atoms with van der Waals surface area (Å²) in [6.07, 6.45) is 1.43. The van der Waals surface area contributed by atoms with Crippen LogP contribution in [0.3, 0.4) is 0 Å². The zero-order valence-electron chi connectivity index (χ0n) is 13.9. The molecule has 2 aliphatic heterocycles. The topological polar surface area (TPSA) is 64.0 Å². The monoisotopic (exact) mass is 341 g/mol. The van der Waals surface area contributed by atoms with Crippen molar-refractivity contribution in [2.45, 2.75) is 12.8 Å². The number of aromatic nitrogens is 1. The normalized spacial score (nSPS) is 19.4. The quantitative estimate of drug-likeness (QED) is 0.827. The molecule has 0 N–H and O–H groups in total. The van der Waals surface area contributed by atoms with Crippen LogP contribution >= 0.6 is 0 Å². The average molecular weight is 341 g/mol. The molecule has 7 heteroatoms. The molecule has 0 unspecified atom stereocenters. The van der Waals surface area contributed by atoms with Crippen LogP contribution in [0.5, 0.6) is 5.75 Å². The number of carbonyl (C=O) groups is 1. The van der Waals surface area contributed by atoms with Crippen LogP contribution in [-0.4, -0.2) is 48.5 Å². The molecule has 25 heavy (non-hydrogen) atoms. The third kappa shape index (κ3) is 2.66. The lowest BCUT2D eigenvalue weighted by Crippen LogP contribution is -2.64. The molecule has 1 aromatic carbocycles. The molecule has 0 aliphatic carbocycles. The van der Waals surface area contributed by atoms with Crippen LogP contribution in [0.2, 0.25) is 0 Å². The first-order chi connectivity index (χ1) is 12.2. The highest BCUT2D eigenvalue weighted by Crippen LogP contribution is 2.25. The summed E-state index contributed by atoms with van der Waals surface area (Å²) in [7, 11) is 1.87. The third-order valence-electron chi connectivity index (χ3n) is 4.60. The first kappa shape index (κ1) is 15.7. The molecule has 0 radical (unpaired) electrons. The minimum atomic E-state index is -0.296. The van der Waals surface area contributed by atoms with E-state index in [9.17, 15) is 9.59 Å². The average Bonchev–Trinajstić information content (AvgIpc) is 2.66. The standard InChI is InChI=1S/C18H19N3O4/c1-19-15-12-24-10-9-20(15)18(23)16-17(14(22)7-8-21(16)19)25-11-13-5-3-2-4-6-13/h2-8,15H,9-12H2,1H3/t15-/m0/s1. The van der Waals surface area contributed by atoms with E-state index in [0.29, 0.717) is 19.8 Å². The maximum atomic E-state index is 13.0. The zero-order valence-corrected chi connectivity index (χ0v) is 13.9. The van der Waals surface area contributed by atoms with E-state index >= 15 is 0 Å². The van der Waals surface area contributed by atoms with Gasteiger partial charge in [0.05, 0.1) is 13.2 Å². The zero-order chi connectivity index (χ0) is 17.4. The van der Waals surface area contributed by atoms with E-state index in [1.165, 1.54) is 6.07 Å². The Morgan fingerprint density at radius 3 is 2.80 bits per heavy atom. The summed E-state index contributed by atoms with van der Waals surface area (Å²) in [5, 5.41) is 1.89. The summed E-state index contributed by atoms with van der Waals surface area (Å²) in [6.45, 7) is 1.66. The van der Waals surface area contributed by atoms with Gasteiger partial charge < -0.3 is 14.4 Å². The number of benzene rings is 1. The van der Waals surface area contributed by atoms with Gasteiger partial charge >= 0.3 is 0 Å². The van der Waals surface area contributed by atoms with Crippen LogP contribution in [-0.2, 0) is 11.3 Å². The van der Waals surface area contributed by atoms with Gasteiger partial charge in [-0.25, -0.2) is 0 Å². The van der Waals surface area contributed by atoms with E-state index in [4.69, 9.17) is 9.47 Å². The van der Waals surface area contributed by atoms with Gasteiger partial charge in [-0.2, -0.15) is 0 Å². The summed E-state index contributed by atoms with van der Waals surface area (Å²) < 4.78 is 13.0. The van der Waals surface area contributed by atoms with Crippen molar-refractivity contribution in [2.24, 2.45) is 0 Å². The third-order valence-corrected chi connectivity index (χ3v) is 4.60. The SMILES string of the molecule is CN1[C@@H]2COCCN2C(=O)c2c(OCc3ccccc3)c(=O)ccn21. The number of nitrogens with zero attached hydrogens (tertiary/aromatic N) is 3. The van der Waals surface area contributed by atoms with E-state index in [-0.39, 0.29) is 35.6 Å². The molecular weight excluding hydrogens is 322 g/mol. The van der Waals surface area contributed by atoms with Crippen LogP contribution in [0.1, 0.15) is 16.1 Å². The van der Waals surface area contributed by atoms with Crippen LogP contribution < -0.4 is 15.2 Å². The number of likely N-dealkylation sites (N-methyl/N-ethyl adjacent to an activating group) is 1. The number of morpholine rings is 1. The first-order valence-electron chi connectivity index (χ1n) is 8.21. The van der Waals surface area contributed by atoms with Crippen molar-refractivity contribution >= 4 is 5.91 Å². The maximum Gasteiger partial charge on any atom is 0.278 e. The van der Waals surface area contributed by atoms with E-state index in [0.717, 1.165) is 5.56 Å². The fourth-order valence-electron chi connectivity index (χ4n) is 3.25. The summed E-state index contributed by atoms with van der Waals surface area (Å²) >= 11 is 0. The Kier molecular flexibility index (Phi) is 3.93. The molecule has 1 atom stereocenters. The highest BCUT2D eigenvalue weighted by atomic mass is 16.5. The highest BCUT2D eigenvalue weighted by Gasteiger charge is 2.40. The largest absolute Gasteiger partial charge is 0.482 e. The number of hydrogen-bond donors (Lipinski definition) is 0. The van der Waals surface area contributed by atoms with Crippen LogP contribution in [0.15, 0.2) is 47.4 Å². The first-order valence-corrected chi connectivity index (χ1v) is 8.21. The summed E-state index contributed by atoms with van der Waals surface area (Å²) in [5.74, 6) is -0.111. The molecule has 0 saturated carbocycles. The Hall–Kier alpha value is -2.80. The predicted molar refractivity (Wildman–Crippen MR) is 91.3 cm³/mol. The smallest absolute Gasteiger partial charge is 0.278 e. The molecule has 1 fully saturated rings. The minimum absolute atomic E-state index is 0.0909. The summed E-state index contributed by atoms with van der Waals surface area (Å²) in [5.41, 5.74) is 0.907. The van der Waals surface area contributed by atoms with E-state index in [1.54, 1.807) is 15.8 Å². The molecule has 2 aliphatic rings. The van der Waals surface area contributed by atoms with Crippen molar-refractivity contribution in [3.63, 3.8) is 0 Å². The van der Waals surface area contributed by atoms with Gasteiger partial charge in [0, 0.05) is 25.9 Å². The van der Waals surface area contributed by atoms with Crippen LogP contribution in [0.4, 0.5) is 0 Å². The second-order valence-electron chi connectivity index (χ2n) is 6.10. The number of amides is 1. The Bertz CT molecular complexity index is 849. The lowest BCUT2D eigenvalue weighted by molar-refractivity contribution is -0.0150. The molecule has 1 amide bonds. The Morgan fingerprint density at radius 1 is 1.20 bits per heavy atom. The Labute approximate surface area is 145 Å². The van der Waals surface area contributed by atoms with E-state index < -0.39 is 0 Å². The van der Waals surface area contributed by atoms with Crippen LogP contribution in [0, 0.1) is 0 Å². The molecule has 3 heterocycles. The second kappa shape index (κ2) is 6.25. The molecule has 1 saturated heterocycles. The number of rotatable bonds is 3. The molecule has 7 nitrogen and oxygen atoms in total. The van der Waals surface area contributed by atoms with E-state index in [1.807, 2.05) is 42.4 Å². The molecule has 1 aromatic heterocycles. The lowest BCUT2D eigenvalue weighted by Gasteiger charge is -2.46. The Morgan fingerprint density at radius 2 is 2.00 bits per heavy atom. The van der Waals surface area contributed by atoms with Crippen LogP contribution in [0.25, 0.3) is 0 Å². The van der Waals surface area contributed by atoms with Gasteiger partial charge in [0.25, 0.3) is 5.91 Å².